The van der Waals surface area contributed by atoms with Crippen molar-refractivity contribution in [2.45, 2.75) is 25.8 Å². The number of aliphatic hydroxyl groups is 1. The molecule has 0 aliphatic rings. The zero-order chi connectivity index (χ0) is 19.2. The molecule has 140 valence electrons. The molecule has 1 amide bonds. The number of aryl methyl sites for hydroxylation is 1. The Kier molecular flexibility index (Phi) is 6.27. The molecule has 3 N–H and O–H groups in total. The third kappa shape index (κ3) is 4.96. The smallest absolute Gasteiger partial charge is 0.224 e. The molecule has 3 rings (SSSR count). The van der Waals surface area contributed by atoms with Crippen LogP contribution in [0.5, 0.6) is 0 Å². The molecule has 0 spiro atoms. The van der Waals surface area contributed by atoms with Gasteiger partial charge in [0.1, 0.15) is 0 Å². The fourth-order valence-electron chi connectivity index (χ4n) is 3.01. The highest BCUT2D eigenvalue weighted by Crippen LogP contribution is 2.25. The highest BCUT2D eigenvalue weighted by molar-refractivity contribution is 6.30. The van der Waals surface area contributed by atoms with Crippen LogP contribution in [0, 0.1) is 6.92 Å². The first-order chi connectivity index (χ1) is 13.1. The van der Waals surface area contributed by atoms with Crippen LogP contribution in [0.3, 0.4) is 0 Å². The summed E-state index contributed by atoms with van der Waals surface area (Å²) in [5.41, 5.74) is 4.39. The van der Waals surface area contributed by atoms with E-state index in [4.69, 9.17) is 11.6 Å². The van der Waals surface area contributed by atoms with E-state index in [2.05, 4.69) is 15.5 Å². The molecule has 0 radical (unpaired) electrons. The Bertz CT molecular complexity index is 892. The maximum Gasteiger partial charge on any atom is 0.224 e. The lowest BCUT2D eigenvalue weighted by Gasteiger charge is -2.16. The summed E-state index contributed by atoms with van der Waals surface area (Å²) in [7, 11) is 0. The van der Waals surface area contributed by atoms with Crippen molar-refractivity contribution in [2.24, 2.45) is 0 Å². The molecule has 1 atom stereocenters. The summed E-state index contributed by atoms with van der Waals surface area (Å²) in [5.74, 6) is -0.148. The number of amides is 1. The third-order valence-electron chi connectivity index (χ3n) is 4.44. The number of rotatable bonds is 7. The molecule has 27 heavy (non-hydrogen) atoms. The molecular formula is C21H22ClN3O2. The fourth-order valence-corrected chi connectivity index (χ4v) is 3.14. The van der Waals surface area contributed by atoms with Gasteiger partial charge in [0.2, 0.25) is 5.91 Å². The van der Waals surface area contributed by atoms with Crippen LogP contribution in [-0.2, 0) is 17.6 Å². The number of hydrogen-bond donors (Lipinski definition) is 3. The number of nitrogens with one attached hydrogen (secondary N) is 2. The van der Waals surface area contributed by atoms with Gasteiger partial charge >= 0.3 is 0 Å². The van der Waals surface area contributed by atoms with Crippen LogP contribution in [-0.4, -0.2) is 33.9 Å². The van der Waals surface area contributed by atoms with E-state index in [9.17, 15) is 9.90 Å². The van der Waals surface area contributed by atoms with Crippen molar-refractivity contribution in [2.75, 3.05) is 6.61 Å². The van der Waals surface area contributed by atoms with E-state index in [-0.39, 0.29) is 25.0 Å². The van der Waals surface area contributed by atoms with E-state index in [0.717, 1.165) is 28.1 Å². The predicted molar refractivity (Wildman–Crippen MR) is 107 cm³/mol. The maximum absolute atomic E-state index is 12.6. The minimum atomic E-state index is -0.328. The molecule has 5 nitrogen and oxygen atoms in total. The minimum absolute atomic E-state index is 0.116. The van der Waals surface area contributed by atoms with Gasteiger partial charge in [0.25, 0.3) is 0 Å². The molecule has 0 bridgehead atoms. The minimum Gasteiger partial charge on any atom is -0.394 e. The lowest BCUT2D eigenvalue weighted by molar-refractivity contribution is -0.121. The zero-order valence-corrected chi connectivity index (χ0v) is 15.8. The van der Waals surface area contributed by atoms with Crippen LogP contribution in [0.15, 0.2) is 54.6 Å². The quantitative estimate of drug-likeness (QED) is 0.585. The summed E-state index contributed by atoms with van der Waals surface area (Å²) in [4.78, 5) is 12.6. The Morgan fingerprint density at radius 3 is 2.56 bits per heavy atom. The van der Waals surface area contributed by atoms with E-state index < -0.39 is 0 Å². The SMILES string of the molecule is Cc1[nH]nc(-c2ccc(Cl)cc2)c1CC(=O)N[C@H](CO)Cc1ccccc1. The maximum atomic E-state index is 12.6. The number of carbonyl (C=O) groups excluding carboxylic acids is 1. The van der Waals surface area contributed by atoms with Gasteiger partial charge in [-0.1, -0.05) is 54.1 Å². The summed E-state index contributed by atoms with van der Waals surface area (Å²) in [5, 5.41) is 20.5. The highest BCUT2D eigenvalue weighted by atomic mass is 35.5. The fraction of sp³-hybridized carbons (Fsp3) is 0.238. The molecule has 0 saturated heterocycles. The van der Waals surface area contributed by atoms with E-state index in [0.29, 0.717) is 11.4 Å². The van der Waals surface area contributed by atoms with Crippen molar-refractivity contribution in [3.63, 3.8) is 0 Å². The molecule has 1 aromatic heterocycles. The van der Waals surface area contributed by atoms with Crippen molar-refractivity contribution in [1.82, 2.24) is 15.5 Å². The number of aliphatic hydroxyl groups excluding tert-OH is 1. The second-order valence-corrected chi connectivity index (χ2v) is 6.93. The number of H-pyrrole nitrogens is 1. The molecule has 2 aromatic carbocycles. The second-order valence-electron chi connectivity index (χ2n) is 6.50. The van der Waals surface area contributed by atoms with Gasteiger partial charge in [-0.05, 0) is 31.0 Å². The molecule has 0 aliphatic carbocycles. The van der Waals surface area contributed by atoms with E-state index in [1.807, 2.05) is 49.4 Å². The summed E-state index contributed by atoms with van der Waals surface area (Å²) in [6.45, 7) is 1.78. The molecule has 1 heterocycles. The summed E-state index contributed by atoms with van der Waals surface area (Å²) in [6.07, 6.45) is 0.767. The number of hydrogen-bond acceptors (Lipinski definition) is 3. The van der Waals surface area contributed by atoms with Crippen LogP contribution < -0.4 is 5.32 Å². The standard InChI is InChI=1S/C21H22ClN3O2/c1-14-19(21(25-24-14)16-7-9-17(22)10-8-16)12-20(27)23-18(13-26)11-15-5-3-2-4-6-15/h2-10,18,26H,11-13H2,1H3,(H,23,27)(H,24,25)/t18-/m0/s1. The Hall–Kier alpha value is -2.63. The highest BCUT2D eigenvalue weighted by Gasteiger charge is 2.18. The number of nitrogens with zero attached hydrogens (tertiary/aromatic N) is 1. The van der Waals surface area contributed by atoms with Crippen LogP contribution in [0.25, 0.3) is 11.3 Å². The topological polar surface area (TPSA) is 78.0 Å². The number of aromatic amines is 1. The van der Waals surface area contributed by atoms with Crippen molar-refractivity contribution in [3.8, 4) is 11.3 Å². The van der Waals surface area contributed by atoms with Gasteiger partial charge in [0.15, 0.2) is 0 Å². The molecule has 6 heteroatoms. The first-order valence-electron chi connectivity index (χ1n) is 8.80. The van der Waals surface area contributed by atoms with Crippen LogP contribution in [0.1, 0.15) is 16.8 Å². The molecule has 0 unspecified atom stereocenters. The molecule has 0 fully saturated rings. The van der Waals surface area contributed by atoms with Gasteiger partial charge in [-0.3, -0.25) is 9.89 Å². The Morgan fingerprint density at radius 1 is 1.19 bits per heavy atom. The lowest BCUT2D eigenvalue weighted by atomic mass is 10.0. The monoisotopic (exact) mass is 383 g/mol. The number of halogens is 1. The normalized spacial score (nSPS) is 12.0. The van der Waals surface area contributed by atoms with E-state index in [1.165, 1.54) is 0 Å². The van der Waals surface area contributed by atoms with Gasteiger partial charge in [-0.2, -0.15) is 5.10 Å². The molecular weight excluding hydrogens is 362 g/mol. The summed E-state index contributed by atoms with van der Waals surface area (Å²) < 4.78 is 0. The van der Waals surface area contributed by atoms with Gasteiger partial charge in [-0.25, -0.2) is 0 Å². The summed E-state index contributed by atoms with van der Waals surface area (Å²) >= 11 is 5.95. The lowest BCUT2D eigenvalue weighted by Crippen LogP contribution is -2.40. The Labute approximate surface area is 163 Å². The molecule has 3 aromatic rings. The van der Waals surface area contributed by atoms with Crippen molar-refractivity contribution < 1.29 is 9.90 Å². The average Bonchev–Trinajstić information content (AvgIpc) is 3.03. The predicted octanol–water partition coefficient (Wildman–Crippen LogP) is 3.30. The molecule has 0 aliphatic heterocycles. The first kappa shape index (κ1) is 19.1. The largest absolute Gasteiger partial charge is 0.394 e. The number of aromatic nitrogens is 2. The molecule has 0 saturated carbocycles. The van der Waals surface area contributed by atoms with Crippen molar-refractivity contribution in [1.29, 1.82) is 0 Å². The zero-order valence-electron chi connectivity index (χ0n) is 15.1. The van der Waals surface area contributed by atoms with Gasteiger partial charge in [0.05, 0.1) is 24.8 Å². The third-order valence-corrected chi connectivity index (χ3v) is 4.69. The summed E-state index contributed by atoms with van der Waals surface area (Å²) in [6, 6.07) is 16.8. The second kappa shape index (κ2) is 8.84. The first-order valence-corrected chi connectivity index (χ1v) is 9.18. The Morgan fingerprint density at radius 2 is 1.89 bits per heavy atom. The average molecular weight is 384 g/mol. The number of carbonyl (C=O) groups is 1. The van der Waals surface area contributed by atoms with Gasteiger partial charge in [0, 0.05) is 21.8 Å². The van der Waals surface area contributed by atoms with Crippen LogP contribution >= 0.6 is 11.6 Å². The van der Waals surface area contributed by atoms with E-state index >= 15 is 0 Å². The van der Waals surface area contributed by atoms with Crippen LogP contribution in [0.4, 0.5) is 0 Å². The van der Waals surface area contributed by atoms with Gasteiger partial charge in [-0.15, -0.1) is 0 Å². The van der Waals surface area contributed by atoms with E-state index in [1.54, 1.807) is 12.1 Å². The van der Waals surface area contributed by atoms with Gasteiger partial charge < -0.3 is 10.4 Å². The number of benzene rings is 2. The van der Waals surface area contributed by atoms with Crippen LogP contribution in [0.2, 0.25) is 5.02 Å². The Balaban J connectivity index is 1.70. The van der Waals surface area contributed by atoms with Crippen molar-refractivity contribution in [3.05, 3.63) is 76.4 Å². The van der Waals surface area contributed by atoms with Crippen molar-refractivity contribution >= 4 is 17.5 Å².